The minimum absolute atomic E-state index is 0.294. The molecule has 17 heavy (non-hydrogen) atoms. The average Bonchev–Trinajstić information content (AvgIpc) is 2.10. The van der Waals surface area contributed by atoms with E-state index < -0.39 is 19.8 Å². The zero-order chi connectivity index (χ0) is 13.6. The lowest BCUT2D eigenvalue weighted by atomic mass is 10.2. The molecule has 7 heteroatoms. The van der Waals surface area contributed by atoms with E-state index in [1.165, 1.54) is 0 Å². The van der Waals surface area contributed by atoms with Gasteiger partial charge in [0.2, 0.25) is 0 Å². The SMILES string of the molecule is CC[C@H](NP(=O)(OC(C)C)OC(C)C)C(=O)O. The Labute approximate surface area is 102 Å². The van der Waals surface area contributed by atoms with Gasteiger partial charge >= 0.3 is 13.7 Å². The fourth-order valence-corrected chi connectivity index (χ4v) is 3.11. The molecule has 2 N–H and O–H groups in total. The summed E-state index contributed by atoms with van der Waals surface area (Å²) in [6.07, 6.45) is -0.348. The Hall–Kier alpha value is -0.420. The number of carbonyl (C=O) groups is 1. The fraction of sp³-hybridized carbons (Fsp3) is 0.900. The second-order valence-corrected chi connectivity index (χ2v) is 5.91. The van der Waals surface area contributed by atoms with Crippen LogP contribution in [0, 0.1) is 0 Å². The number of aliphatic carboxylic acids is 1. The summed E-state index contributed by atoms with van der Waals surface area (Å²) >= 11 is 0. The maximum atomic E-state index is 12.3. The molecule has 0 radical (unpaired) electrons. The van der Waals surface area contributed by atoms with E-state index in [2.05, 4.69) is 5.09 Å². The van der Waals surface area contributed by atoms with E-state index in [9.17, 15) is 9.36 Å². The van der Waals surface area contributed by atoms with Gasteiger partial charge in [0.05, 0.1) is 12.2 Å². The van der Waals surface area contributed by atoms with Crippen molar-refractivity contribution in [1.29, 1.82) is 0 Å². The highest BCUT2D eigenvalue weighted by molar-refractivity contribution is 7.51. The second kappa shape index (κ2) is 7.11. The molecule has 0 heterocycles. The quantitative estimate of drug-likeness (QED) is 0.657. The minimum Gasteiger partial charge on any atom is -0.480 e. The van der Waals surface area contributed by atoms with Crippen LogP contribution in [0.2, 0.25) is 0 Å². The van der Waals surface area contributed by atoms with E-state index in [1.807, 2.05) is 0 Å². The lowest BCUT2D eigenvalue weighted by molar-refractivity contribution is -0.139. The molecule has 102 valence electrons. The van der Waals surface area contributed by atoms with Gasteiger partial charge in [-0.3, -0.25) is 13.8 Å². The summed E-state index contributed by atoms with van der Waals surface area (Å²) in [6, 6.07) is -0.946. The van der Waals surface area contributed by atoms with Crippen LogP contribution in [-0.2, 0) is 18.4 Å². The summed E-state index contributed by atoms with van der Waals surface area (Å²) in [5.74, 6) is -1.08. The van der Waals surface area contributed by atoms with Crippen LogP contribution in [0.5, 0.6) is 0 Å². The van der Waals surface area contributed by atoms with Crippen molar-refractivity contribution in [3.05, 3.63) is 0 Å². The van der Waals surface area contributed by atoms with Gasteiger partial charge in [-0.1, -0.05) is 6.92 Å². The number of carboxylic acids is 1. The zero-order valence-electron chi connectivity index (χ0n) is 11.0. The summed E-state index contributed by atoms with van der Waals surface area (Å²) in [7, 11) is -3.59. The van der Waals surface area contributed by atoms with Gasteiger partial charge in [0.1, 0.15) is 6.04 Å². The molecule has 0 aromatic rings. The van der Waals surface area contributed by atoms with Crippen molar-refractivity contribution in [1.82, 2.24) is 5.09 Å². The van der Waals surface area contributed by atoms with Crippen molar-refractivity contribution in [3.8, 4) is 0 Å². The zero-order valence-corrected chi connectivity index (χ0v) is 11.9. The lowest BCUT2D eigenvalue weighted by Gasteiger charge is -2.25. The molecule has 0 saturated heterocycles. The first-order chi connectivity index (χ1) is 7.70. The Kier molecular flexibility index (Phi) is 6.94. The summed E-state index contributed by atoms with van der Waals surface area (Å²) in [6.45, 7) is 8.51. The van der Waals surface area contributed by atoms with E-state index >= 15 is 0 Å². The van der Waals surface area contributed by atoms with Crippen LogP contribution in [0.1, 0.15) is 41.0 Å². The highest BCUT2D eigenvalue weighted by atomic mass is 31.2. The standard InChI is InChI=1S/C10H22NO5P/c1-6-9(10(12)13)11-17(14,15-7(2)3)16-8(4)5/h7-9H,6H2,1-5H3,(H,11,14)(H,12,13)/t9-/m0/s1. The van der Waals surface area contributed by atoms with Crippen molar-refractivity contribution < 1.29 is 23.5 Å². The van der Waals surface area contributed by atoms with Gasteiger partial charge in [-0.05, 0) is 34.1 Å². The van der Waals surface area contributed by atoms with Crippen molar-refractivity contribution in [2.24, 2.45) is 0 Å². The fourth-order valence-electron chi connectivity index (χ4n) is 1.15. The molecular weight excluding hydrogens is 245 g/mol. The molecular formula is C10H22NO5P. The Bertz CT molecular complexity index is 278. The monoisotopic (exact) mass is 267 g/mol. The largest absolute Gasteiger partial charge is 0.480 e. The molecule has 0 unspecified atom stereocenters. The van der Waals surface area contributed by atoms with Gasteiger partial charge in [0.15, 0.2) is 0 Å². The van der Waals surface area contributed by atoms with Crippen molar-refractivity contribution in [2.45, 2.75) is 59.3 Å². The van der Waals surface area contributed by atoms with E-state index in [4.69, 9.17) is 14.2 Å². The molecule has 0 aliphatic heterocycles. The first-order valence-electron chi connectivity index (χ1n) is 5.67. The predicted octanol–water partition coefficient (Wildman–Crippen LogP) is 2.40. The molecule has 0 aromatic carbocycles. The maximum Gasteiger partial charge on any atom is 0.406 e. The van der Waals surface area contributed by atoms with E-state index in [0.29, 0.717) is 6.42 Å². The lowest BCUT2D eigenvalue weighted by Crippen LogP contribution is -2.36. The Morgan fingerprint density at radius 3 is 1.88 bits per heavy atom. The summed E-state index contributed by atoms with van der Waals surface area (Å²) in [5.41, 5.74) is 0. The molecule has 0 aliphatic rings. The molecule has 0 aromatic heterocycles. The third kappa shape index (κ3) is 6.78. The molecule has 0 saturated carbocycles. The van der Waals surface area contributed by atoms with Crippen LogP contribution >= 0.6 is 7.75 Å². The minimum atomic E-state index is -3.59. The third-order valence-corrected chi connectivity index (χ3v) is 3.75. The number of hydrogen-bond acceptors (Lipinski definition) is 4. The van der Waals surface area contributed by atoms with Gasteiger partial charge in [0.25, 0.3) is 0 Å². The van der Waals surface area contributed by atoms with Gasteiger partial charge in [-0.2, -0.15) is 0 Å². The summed E-state index contributed by atoms with van der Waals surface area (Å²) < 4.78 is 22.7. The van der Waals surface area contributed by atoms with Crippen LogP contribution in [0.25, 0.3) is 0 Å². The van der Waals surface area contributed by atoms with Gasteiger partial charge < -0.3 is 5.11 Å². The normalized spacial score (nSPS) is 14.3. The molecule has 0 spiro atoms. The maximum absolute atomic E-state index is 12.3. The summed E-state index contributed by atoms with van der Waals surface area (Å²) in [4.78, 5) is 10.9. The third-order valence-electron chi connectivity index (χ3n) is 1.72. The number of carboxylic acid groups (broad SMARTS) is 1. The average molecular weight is 267 g/mol. The predicted molar refractivity (Wildman–Crippen MR) is 64.9 cm³/mol. The van der Waals surface area contributed by atoms with Crippen molar-refractivity contribution in [3.63, 3.8) is 0 Å². The van der Waals surface area contributed by atoms with E-state index in [1.54, 1.807) is 34.6 Å². The van der Waals surface area contributed by atoms with Gasteiger partial charge in [-0.25, -0.2) is 9.65 Å². The van der Waals surface area contributed by atoms with E-state index in [-0.39, 0.29) is 12.2 Å². The highest BCUT2D eigenvalue weighted by Crippen LogP contribution is 2.46. The van der Waals surface area contributed by atoms with Crippen molar-refractivity contribution >= 4 is 13.7 Å². The van der Waals surface area contributed by atoms with E-state index in [0.717, 1.165) is 0 Å². The number of rotatable bonds is 8. The first kappa shape index (κ1) is 16.6. The van der Waals surface area contributed by atoms with Gasteiger partial charge in [0, 0.05) is 0 Å². The Morgan fingerprint density at radius 2 is 1.65 bits per heavy atom. The van der Waals surface area contributed by atoms with Crippen LogP contribution in [0.4, 0.5) is 0 Å². The first-order valence-corrected chi connectivity index (χ1v) is 7.22. The van der Waals surface area contributed by atoms with Crippen LogP contribution in [0.3, 0.4) is 0 Å². The van der Waals surface area contributed by atoms with Crippen LogP contribution in [0.15, 0.2) is 0 Å². The Balaban J connectivity index is 4.79. The molecule has 0 rings (SSSR count). The van der Waals surface area contributed by atoms with Crippen LogP contribution < -0.4 is 5.09 Å². The topological polar surface area (TPSA) is 84.9 Å². The molecule has 0 aliphatic carbocycles. The smallest absolute Gasteiger partial charge is 0.406 e. The molecule has 0 bridgehead atoms. The molecule has 0 amide bonds. The number of hydrogen-bond donors (Lipinski definition) is 2. The highest BCUT2D eigenvalue weighted by Gasteiger charge is 2.33. The van der Waals surface area contributed by atoms with Gasteiger partial charge in [-0.15, -0.1) is 0 Å². The van der Waals surface area contributed by atoms with Crippen molar-refractivity contribution in [2.75, 3.05) is 0 Å². The molecule has 0 fully saturated rings. The molecule has 6 nitrogen and oxygen atoms in total. The van der Waals surface area contributed by atoms with Crippen LogP contribution in [-0.4, -0.2) is 29.3 Å². The Morgan fingerprint density at radius 1 is 1.24 bits per heavy atom. The summed E-state index contributed by atoms with van der Waals surface area (Å²) in [5, 5.41) is 11.4. The second-order valence-electron chi connectivity index (χ2n) is 4.23. The number of nitrogens with one attached hydrogen (secondary N) is 1. The molecule has 1 atom stereocenters.